The number of aryl methyl sites for hydroxylation is 1. The van der Waals surface area contributed by atoms with Gasteiger partial charge in [0.1, 0.15) is 11.6 Å². The van der Waals surface area contributed by atoms with Gasteiger partial charge in [0.25, 0.3) is 5.56 Å². The van der Waals surface area contributed by atoms with Gasteiger partial charge < -0.3 is 15.2 Å². The van der Waals surface area contributed by atoms with Crippen LogP contribution in [0.3, 0.4) is 0 Å². The Morgan fingerprint density at radius 2 is 2.33 bits per heavy atom. The minimum Gasteiger partial charge on any atom is -0.370 e. The second-order valence-electron chi connectivity index (χ2n) is 5.48. The van der Waals surface area contributed by atoms with Crippen molar-refractivity contribution in [2.75, 3.05) is 25.0 Å². The highest BCUT2D eigenvalue weighted by atomic mass is 16.1. The van der Waals surface area contributed by atoms with Gasteiger partial charge in [0.15, 0.2) is 0 Å². The largest absolute Gasteiger partial charge is 0.370 e. The van der Waals surface area contributed by atoms with E-state index < -0.39 is 0 Å². The maximum atomic E-state index is 11.3. The number of aromatic amines is 1. The van der Waals surface area contributed by atoms with Gasteiger partial charge in [-0.3, -0.25) is 4.79 Å². The van der Waals surface area contributed by atoms with E-state index in [9.17, 15) is 4.79 Å². The van der Waals surface area contributed by atoms with Crippen molar-refractivity contribution in [3.05, 3.63) is 22.2 Å². The standard InChI is InChI=1S/C13H20N4O/c1-9-15-12(6-13(18)16-9)14-7-10-4-5-17(8-10)11-2-3-11/h6,10-11H,2-5,7-8H2,1H3,(H2,14,15,16,18). The Bertz CT molecular complexity index is 480. The number of likely N-dealkylation sites (tertiary alicyclic amines) is 1. The third kappa shape index (κ3) is 2.72. The molecule has 5 heteroatoms. The summed E-state index contributed by atoms with van der Waals surface area (Å²) in [6.07, 6.45) is 4.02. The first-order chi connectivity index (χ1) is 8.70. The third-order valence-corrected chi connectivity index (χ3v) is 3.81. The topological polar surface area (TPSA) is 61.0 Å². The van der Waals surface area contributed by atoms with Gasteiger partial charge in [-0.05, 0) is 38.6 Å². The first-order valence-electron chi connectivity index (χ1n) is 6.76. The molecule has 1 aliphatic heterocycles. The lowest BCUT2D eigenvalue weighted by atomic mass is 10.1. The van der Waals surface area contributed by atoms with E-state index in [1.807, 2.05) is 0 Å². The molecular weight excluding hydrogens is 228 g/mol. The molecule has 2 fully saturated rings. The van der Waals surface area contributed by atoms with Crippen LogP contribution >= 0.6 is 0 Å². The van der Waals surface area contributed by atoms with Crippen molar-refractivity contribution in [3.63, 3.8) is 0 Å². The van der Waals surface area contributed by atoms with Gasteiger partial charge in [-0.2, -0.15) is 0 Å². The Kier molecular flexibility index (Phi) is 3.07. The molecule has 0 aromatic carbocycles. The highest BCUT2D eigenvalue weighted by molar-refractivity contribution is 5.32. The fourth-order valence-corrected chi connectivity index (χ4v) is 2.72. The monoisotopic (exact) mass is 248 g/mol. The van der Waals surface area contributed by atoms with E-state index in [4.69, 9.17) is 0 Å². The summed E-state index contributed by atoms with van der Waals surface area (Å²) in [6.45, 7) is 5.15. The Hall–Kier alpha value is -1.36. The number of rotatable bonds is 4. The Balaban J connectivity index is 1.53. The molecule has 1 aromatic heterocycles. The zero-order chi connectivity index (χ0) is 12.5. The molecule has 98 valence electrons. The summed E-state index contributed by atoms with van der Waals surface area (Å²) in [7, 11) is 0. The van der Waals surface area contributed by atoms with E-state index in [0.29, 0.717) is 17.6 Å². The molecule has 1 aliphatic carbocycles. The molecule has 18 heavy (non-hydrogen) atoms. The van der Waals surface area contributed by atoms with Crippen molar-refractivity contribution < 1.29 is 0 Å². The number of nitrogens with one attached hydrogen (secondary N) is 2. The van der Waals surface area contributed by atoms with Crippen molar-refractivity contribution in [2.24, 2.45) is 5.92 Å². The molecule has 3 rings (SSSR count). The lowest BCUT2D eigenvalue weighted by Crippen LogP contribution is -2.25. The van der Waals surface area contributed by atoms with Crippen LogP contribution in [-0.4, -0.2) is 40.5 Å². The predicted octanol–water partition coefficient (Wildman–Crippen LogP) is 0.975. The van der Waals surface area contributed by atoms with Gasteiger partial charge in [0.2, 0.25) is 0 Å². The van der Waals surface area contributed by atoms with Gasteiger partial charge in [-0.1, -0.05) is 0 Å². The zero-order valence-corrected chi connectivity index (χ0v) is 10.8. The van der Waals surface area contributed by atoms with Gasteiger partial charge in [-0.25, -0.2) is 4.98 Å². The zero-order valence-electron chi connectivity index (χ0n) is 10.8. The van der Waals surface area contributed by atoms with E-state index in [2.05, 4.69) is 20.2 Å². The van der Waals surface area contributed by atoms with Gasteiger partial charge >= 0.3 is 0 Å². The number of nitrogens with zero attached hydrogens (tertiary/aromatic N) is 2. The summed E-state index contributed by atoms with van der Waals surface area (Å²) in [5.74, 6) is 2.05. The lowest BCUT2D eigenvalue weighted by Gasteiger charge is -2.15. The Morgan fingerprint density at radius 1 is 1.50 bits per heavy atom. The van der Waals surface area contributed by atoms with E-state index in [1.54, 1.807) is 6.92 Å². The molecule has 1 atom stereocenters. The van der Waals surface area contributed by atoms with Gasteiger partial charge in [0, 0.05) is 25.2 Å². The summed E-state index contributed by atoms with van der Waals surface area (Å²) in [5, 5.41) is 3.29. The van der Waals surface area contributed by atoms with Crippen LogP contribution in [0.1, 0.15) is 25.1 Å². The minimum atomic E-state index is -0.0870. The van der Waals surface area contributed by atoms with Crippen LogP contribution < -0.4 is 10.9 Å². The molecular formula is C13H20N4O. The van der Waals surface area contributed by atoms with Crippen molar-refractivity contribution in [3.8, 4) is 0 Å². The number of H-pyrrole nitrogens is 1. The van der Waals surface area contributed by atoms with Crippen LogP contribution in [-0.2, 0) is 0 Å². The van der Waals surface area contributed by atoms with Crippen molar-refractivity contribution >= 4 is 5.82 Å². The summed E-state index contributed by atoms with van der Waals surface area (Å²) < 4.78 is 0. The molecule has 2 aliphatic rings. The van der Waals surface area contributed by atoms with E-state index >= 15 is 0 Å². The summed E-state index contributed by atoms with van der Waals surface area (Å²) in [6, 6.07) is 2.40. The number of hydrogen-bond donors (Lipinski definition) is 2. The van der Waals surface area contributed by atoms with Crippen LogP contribution in [0.25, 0.3) is 0 Å². The summed E-state index contributed by atoms with van der Waals surface area (Å²) in [5.41, 5.74) is -0.0870. The van der Waals surface area contributed by atoms with Crippen LogP contribution in [0.15, 0.2) is 10.9 Å². The predicted molar refractivity (Wildman–Crippen MR) is 70.8 cm³/mol. The second-order valence-corrected chi connectivity index (χ2v) is 5.48. The number of aromatic nitrogens is 2. The van der Waals surface area contributed by atoms with E-state index in [0.717, 1.165) is 12.6 Å². The van der Waals surface area contributed by atoms with Crippen LogP contribution in [0.2, 0.25) is 0 Å². The van der Waals surface area contributed by atoms with Crippen molar-refractivity contribution in [2.45, 2.75) is 32.2 Å². The highest BCUT2D eigenvalue weighted by Gasteiger charge is 2.34. The normalized spacial score (nSPS) is 24.4. The van der Waals surface area contributed by atoms with Crippen LogP contribution in [0.5, 0.6) is 0 Å². The lowest BCUT2D eigenvalue weighted by molar-refractivity contribution is 0.316. The minimum absolute atomic E-state index is 0.0870. The first-order valence-corrected chi connectivity index (χ1v) is 6.76. The van der Waals surface area contributed by atoms with Gasteiger partial charge in [-0.15, -0.1) is 0 Å². The molecule has 1 saturated carbocycles. The highest BCUT2D eigenvalue weighted by Crippen LogP contribution is 2.31. The van der Waals surface area contributed by atoms with Gasteiger partial charge in [0.05, 0.1) is 0 Å². The SMILES string of the molecule is Cc1nc(NCC2CCN(C3CC3)C2)cc(=O)[nH]1. The maximum absolute atomic E-state index is 11.3. The molecule has 5 nitrogen and oxygen atoms in total. The Morgan fingerprint density at radius 3 is 3.06 bits per heavy atom. The van der Waals surface area contributed by atoms with E-state index in [-0.39, 0.29) is 5.56 Å². The number of anilines is 1. The quantitative estimate of drug-likeness (QED) is 0.833. The smallest absolute Gasteiger partial charge is 0.252 e. The van der Waals surface area contributed by atoms with Crippen LogP contribution in [0.4, 0.5) is 5.82 Å². The molecule has 1 unspecified atom stereocenters. The average Bonchev–Trinajstić information content (AvgIpc) is 3.05. The third-order valence-electron chi connectivity index (χ3n) is 3.81. The fourth-order valence-electron chi connectivity index (χ4n) is 2.72. The molecule has 1 saturated heterocycles. The molecule has 0 spiro atoms. The molecule has 0 bridgehead atoms. The number of hydrogen-bond acceptors (Lipinski definition) is 4. The summed E-state index contributed by atoms with van der Waals surface area (Å²) in [4.78, 5) is 20.8. The first kappa shape index (κ1) is 11.7. The van der Waals surface area contributed by atoms with Crippen LogP contribution in [0, 0.1) is 12.8 Å². The Labute approximate surface area is 107 Å². The summed E-state index contributed by atoms with van der Waals surface area (Å²) >= 11 is 0. The maximum Gasteiger partial charge on any atom is 0.252 e. The average molecular weight is 248 g/mol. The molecule has 0 amide bonds. The van der Waals surface area contributed by atoms with E-state index in [1.165, 1.54) is 38.4 Å². The molecule has 0 radical (unpaired) electrons. The molecule has 2 N–H and O–H groups in total. The molecule has 1 aromatic rings. The molecule has 2 heterocycles. The van der Waals surface area contributed by atoms with Crippen molar-refractivity contribution in [1.29, 1.82) is 0 Å². The fraction of sp³-hybridized carbons (Fsp3) is 0.692. The van der Waals surface area contributed by atoms with Crippen molar-refractivity contribution in [1.82, 2.24) is 14.9 Å². The second kappa shape index (κ2) is 4.72.